The van der Waals surface area contributed by atoms with E-state index in [0.29, 0.717) is 19.8 Å². The molecule has 1 aliphatic rings. The van der Waals surface area contributed by atoms with Crippen LogP contribution in [0.25, 0.3) is 0 Å². The molecular formula is C6H12O5P. The van der Waals surface area contributed by atoms with E-state index in [9.17, 15) is 9.69 Å². The number of carbonyl (C=O) groups is 1. The summed E-state index contributed by atoms with van der Waals surface area (Å²) in [6, 6.07) is 0. The molecule has 1 aliphatic heterocycles. The molecule has 1 heterocycles. The van der Waals surface area contributed by atoms with Gasteiger partial charge < -0.3 is 18.7 Å². The van der Waals surface area contributed by atoms with Crippen LogP contribution in [-0.4, -0.2) is 36.8 Å². The molecule has 71 valence electrons. The summed E-state index contributed by atoms with van der Waals surface area (Å²) >= 11 is 0. The van der Waals surface area contributed by atoms with Crippen molar-refractivity contribution in [3.63, 3.8) is 0 Å². The Hall–Kier alpha value is -0.220. The van der Waals surface area contributed by atoms with E-state index in [1.54, 1.807) is 6.92 Å². The highest BCUT2D eigenvalue weighted by atomic mass is 31.2. The molecule has 0 aromatic heterocycles. The maximum Gasteiger partial charge on any atom is 0.316 e. The highest BCUT2D eigenvalue weighted by Gasteiger charge is 2.35. The topological polar surface area (TPSA) is 65.0 Å². The summed E-state index contributed by atoms with van der Waals surface area (Å²) in [5.41, 5.74) is 0. The lowest BCUT2D eigenvalue weighted by Crippen LogP contribution is -2.13. The normalized spacial score (nSPS) is 20.8. The number of hydrogen-bond donors (Lipinski definition) is 1. The fraction of sp³-hybridized carbons (Fsp3) is 0.833. The van der Waals surface area contributed by atoms with Crippen molar-refractivity contribution in [2.75, 3.05) is 26.0 Å². The Bertz CT molecular complexity index is 165. The Morgan fingerprint density at radius 1 is 1.58 bits per heavy atom. The average Bonchev–Trinajstić information content (AvgIpc) is 2.36. The smallest absolute Gasteiger partial charge is 0.316 e. The minimum atomic E-state index is -2.88. The van der Waals surface area contributed by atoms with E-state index in [2.05, 4.69) is 4.74 Å². The third-order valence-electron chi connectivity index (χ3n) is 1.30. The maximum atomic E-state index is 10.9. The van der Waals surface area contributed by atoms with E-state index in [-0.39, 0.29) is 6.16 Å². The van der Waals surface area contributed by atoms with Crippen molar-refractivity contribution >= 4 is 13.9 Å². The standard InChI is InChI=1S/C6H12O5P/c1-2-9-6(7)5-12(8)10-3-4-11-12/h8H,2-5H2,1H3. The van der Waals surface area contributed by atoms with Crippen molar-refractivity contribution in [2.24, 2.45) is 0 Å². The Morgan fingerprint density at radius 2 is 2.17 bits per heavy atom. The molecule has 1 rings (SSSR count). The molecule has 0 spiro atoms. The first-order valence-electron chi connectivity index (χ1n) is 3.72. The summed E-state index contributed by atoms with van der Waals surface area (Å²) in [5.74, 6) is -0.477. The van der Waals surface area contributed by atoms with Crippen LogP contribution in [0.15, 0.2) is 0 Å². The molecule has 0 aromatic rings. The van der Waals surface area contributed by atoms with Crippen LogP contribution < -0.4 is 0 Å². The van der Waals surface area contributed by atoms with Crippen molar-refractivity contribution in [2.45, 2.75) is 6.92 Å². The zero-order chi connectivity index (χ0) is 9.03. The Morgan fingerprint density at radius 3 is 2.67 bits per heavy atom. The van der Waals surface area contributed by atoms with Crippen molar-refractivity contribution in [1.29, 1.82) is 0 Å². The molecule has 1 fully saturated rings. The first kappa shape index (κ1) is 9.86. The molecule has 0 bridgehead atoms. The van der Waals surface area contributed by atoms with Gasteiger partial charge in [0.1, 0.15) is 6.16 Å². The number of carbonyl (C=O) groups excluding carboxylic acids is 1. The molecule has 1 radical (unpaired) electrons. The van der Waals surface area contributed by atoms with Crippen LogP contribution in [0.5, 0.6) is 0 Å². The lowest BCUT2D eigenvalue weighted by molar-refractivity contribution is -0.140. The van der Waals surface area contributed by atoms with Gasteiger partial charge in [-0.25, -0.2) is 0 Å². The van der Waals surface area contributed by atoms with Crippen LogP contribution >= 0.6 is 7.94 Å². The van der Waals surface area contributed by atoms with Crippen molar-refractivity contribution in [3.05, 3.63) is 0 Å². The zero-order valence-electron chi connectivity index (χ0n) is 6.86. The summed E-state index contributed by atoms with van der Waals surface area (Å²) < 4.78 is 14.4. The van der Waals surface area contributed by atoms with E-state index < -0.39 is 13.9 Å². The minimum Gasteiger partial charge on any atom is -0.466 e. The van der Waals surface area contributed by atoms with Crippen LogP contribution in [0, 0.1) is 0 Å². The lowest BCUT2D eigenvalue weighted by atomic mass is 10.8. The first-order chi connectivity index (χ1) is 5.66. The van der Waals surface area contributed by atoms with E-state index in [1.807, 2.05) is 0 Å². The van der Waals surface area contributed by atoms with Gasteiger partial charge in [0, 0.05) is 0 Å². The maximum absolute atomic E-state index is 10.9. The number of ether oxygens (including phenoxy) is 1. The van der Waals surface area contributed by atoms with Gasteiger partial charge in [-0.2, -0.15) is 0 Å². The molecule has 12 heavy (non-hydrogen) atoms. The molecule has 0 unspecified atom stereocenters. The number of hydrogen-bond acceptors (Lipinski definition) is 5. The highest BCUT2D eigenvalue weighted by molar-refractivity contribution is 7.61. The Labute approximate surface area is 71.2 Å². The first-order valence-corrected chi connectivity index (χ1v) is 5.48. The van der Waals surface area contributed by atoms with Crippen molar-refractivity contribution in [3.8, 4) is 0 Å². The number of rotatable bonds is 3. The molecular weight excluding hydrogens is 183 g/mol. The Kier molecular flexibility index (Phi) is 3.40. The SMILES string of the molecule is CCOC(=O)C[P]1(O)OCCO1. The molecule has 0 aliphatic carbocycles. The molecule has 1 saturated heterocycles. The van der Waals surface area contributed by atoms with Crippen LogP contribution in [0.1, 0.15) is 6.92 Å². The molecule has 0 atom stereocenters. The van der Waals surface area contributed by atoms with Crippen LogP contribution in [-0.2, 0) is 18.6 Å². The van der Waals surface area contributed by atoms with Gasteiger partial charge in [-0.15, -0.1) is 0 Å². The summed E-state index contributed by atoms with van der Waals surface area (Å²) in [4.78, 5) is 20.3. The second-order valence-electron chi connectivity index (χ2n) is 2.27. The van der Waals surface area contributed by atoms with Crippen LogP contribution in [0.4, 0.5) is 0 Å². The van der Waals surface area contributed by atoms with Crippen LogP contribution in [0.3, 0.4) is 0 Å². The van der Waals surface area contributed by atoms with Crippen molar-refractivity contribution < 1.29 is 23.5 Å². The predicted octanol–water partition coefficient (Wildman–Crippen LogP) is 0.351. The summed E-state index contributed by atoms with van der Waals surface area (Å²) in [6.07, 6.45) is -0.166. The summed E-state index contributed by atoms with van der Waals surface area (Å²) in [7, 11) is -2.88. The van der Waals surface area contributed by atoms with Crippen molar-refractivity contribution in [1.82, 2.24) is 0 Å². The molecule has 0 saturated carbocycles. The van der Waals surface area contributed by atoms with Gasteiger partial charge in [-0.1, -0.05) is 0 Å². The fourth-order valence-electron chi connectivity index (χ4n) is 0.858. The summed E-state index contributed by atoms with van der Waals surface area (Å²) in [6.45, 7) is 2.71. The van der Waals surface area contributed by atoms with Gasteiger partial charge >= 0.3 is 5.97 Å². The van der Waals surface area contributed by atoms with Gasteiger partial charge in [0.15, 0.2) is 0 Å². The third-order valence-corrected chi connectivity index (χ3v) is 3.13. The van der Waals surface area contributed by atoms with E-state index in [4.69, 9.17) is 9.05 Å². The molecule has 6 heteroatoms. The quantitative estimate of drug-likeness (QED) is 0.520. The second-order valence-corrected chi connectivity index (χ2v) is 4.37. The largest absolute Gasteiger partial charge is 0.466 e. The van der Waals surface area contributed by atoms with E-state index in [1.165, 1.54) is 0 Å². The monoisotopic (exact) mass is 195 g/mol. The van der Waals surface area contributed by atoms with E-state index >= 15 is 0 Å². The molecule has 0 aromatic carbocycles. The summed E-state index contributed by atoms with van der Waals surface area (Å²) in [5, 5.41) is 0. The molecule has 1 N–H and O–H groups in total. The van der Waals surface area contributed by atoms with E-state index in [0.717, 1.165) is 0 Å². The van der Waals surface area contributed by atoms with Gasteiger partial charge in [0.25, 0.3) is 0 Å². The Balaban J connectivity index is 2.33. The zero-order valence-corrected chi connectivity index (χ0v) is 7.75. The molecule has 5 nitrogen and oxygen atoms in total. The molecule has 0 amide bonds. The van der Waals surface area contributed by atoms with Crippen LogP contribution in [0.2, 0.25) is 0 Å². The lowest BCUT2D eigenvalue weighted by Gasteiger charge is -2.19. The average molecular weight is 195 g/mol. The highest BCUT2D eigenvalue weighted by Crippen LogP contribution is 2.59. The van der Waals surface area contributed by atoms with Gasteiger partial charge in [-0.3, -0.25) is 4.79 Å². The fourth-order valence-corrected chi connectivity index (χ4v) is 2.25. The van der Waals surface area contributed by atoms with Gasteiger partial charge in [-0.05, 0) is 6.92 Å². The third kappa shape index (κ3) is 2.68. The predicted molar refractivity (Wildman–Crippen MR) is 42.5 cm³/mol. The second kappa shape index (κ2) is 4.14. The van der Waals surface area contributed by atoms with Gasteiger partial charge in [0.2, 0.25) is 7.94 Å². The minimum absolute atomic E-state index is 0.166. The van der Waals surface area contributed by atoms with Gasteiger partial charge in [0.05, 0.1) is 19.8 Å². The number of esters is 1.